The molecule has 1 aromatic carbocycles. The van der Waals surface area contributed by atoms with Gasteiger partial charge in [0.1, 0.15) is 5.60 Å². The fourth-order valence-electron chi connectivity index (χ4n) is 2.59. The topological polar surface area (TPSA) is 96.5 Å². The maximum absolute atomic E-state index is 13.7. The highest BCUT2D eigenvalue weighted by Gasteiger charge is 2.35. The summed E-state index contributed by atoms with van der Waals surface area (Å²) in [4.78, 5) is 32.6. The fourth-order valence-corrected chi connectivity index (χ4v) is 2.69. The number of carbonyl (C=O) groups excluding carboxylic acids is 2. The molecule has 0 aliphatic rings. The van der Waals surface area contributed by atoms with Crippen molar-refractivity contribution in [2.75, 3.05) is 23.3 Å². The summed E-state index contributed by atoms with van der Waals surface area (Å²) < 4.78 is 46.2. The maximum atomic E-state index is 13.7. The molecule has 0 aliphatic heterocycles. The van der Waals surface area contributed by atoms with Crippen LogP contribution in [0.15, 0.2) is 30.6 Å². The van der Waals surface area contributed by atoms with E-state index >= 15 is 0 Å². The second kappa shape index (κ2) is 10.0. The lowest BCUT2D eigenvalue weighted by molar-refractivity contribution is -0.137. The number of anilines is 3. The molecule has 12 heteroatoms. The SMILES string of the molecule is CC(=O)N(CCNC(=O)OC(C)(C)C)c1ccc(Nc2ncc(Cl)cn2)c(C(F)(F)F)c1. The molecule has 32 heavy (non-hydrogen) atoms. The van der Waals surface area contributed by atoms with E-state index in [4.69, 9.17) is 16.3 Å². The summed E-state index contributed by atoms with van der Waals surface area (Å²) in [5.41, 5.74) is -2.00. The maximum Gasteiger partial charge on any atom is 0.418 e. The molecule has 0 fully saturated rings. The van der Waals surface area contributed by atoms with Crippen LogP contribution >= 0.6 is 11.6 Å². The second-order valence-electron chi connectivity index (χ2n) is 7.68. The molecule has 0 unspecified atom stereocenters. The number of benzene rings is 1. The molecule has 0 bridgehead atoms. The first-order valence-corrected chi connectivity index (χ1v) is 9.85. The van der Waals surface area contributed by atoms with E-state index in [1.807, 2.05) is 0 Å². The van der Waals surface area contributed by atoms with Crippen molar-refractivity contribution in [3.63, 3.8) is 0 Å². The minimum Gasteiger partial charge on any atom is -0.444 e. The van der Waals surface area contributed by atoms with Gasteiger partial charge in [-0.1, -0.05) is 11.6 Å². The van der Waals surface area contributed by atoms with Gasteiger partial charge in [0.2, 0.25) is 11.9 Å². The van der Waals surface area contributed by atoms with Crippen LogP contribution < -0.4 is 15.5 Å². The third-order valence-corrected chi connectivity index (χ3v) is 4.07. The van der Waals surface area contributed by atoms with Gasteiger partial charge in [0.05, 0.1) is 28.7 Å². The summed E-state index contributed by atoms with van der Waals surface area (Å²) in [6, 6.07) is 3.36. The van der Waals surface area contributed by atoms with E-state index in [0.717, 1.165) is 11.0 Å². The zero-order chi connectivity index (χ0) is 24.1. The van der Waals surface area contributed by atoms with Crippen molar-refractivity contribution in [2.24, 2.45) is 0 Å². The average molecular weight is 474 g/mol. The van der Waals surface area contributed by atoms with Crippen LogP contribution in [0.25, 0.3) is 0 Å². The number of nitrogens with zero attached hydrogens (tertiary/aromatic N) is 3. The largest absolute Gasteiger partial charge is 0.444 e. The first kappa shape index (κ1) is 25.2. The summed E-state index contributed by atoms with van der Waals surface area (Å²) in [5.74, 6) is -0.566. The van der Waals surface area contributed by atoms with Crippen LogP contribution in [0.4, 0.5) is 35.3 Å². The van der Waals surface area contributed by atoms with Gasteiger partial charge in [0, 0.05) is 25.7 Å². The van der Waals surface area contributed by atoms with Crippen LogP contribution in [0.3, 0.4) is 0 Å². The van der Waals surface area contributed by atoms with Crippen molar-refractivity contribution < 1.29 is 27.5 Å². The monoisotopic (exact) mass is 473 g/mol. The van der Waals surface area contributed by atoms with Crippen LogP contribution in [0.2, 0.25) is 5.02 Å². The molecule has 2 N–H and O–H groups in total. The highest BCUT2D eigenvalue weighted by molar-refractivity contribution is 6.30. The zero-order valence-electron chi connectivity index (χ0n) is 17.9. The Bertz CT molecular complexity index is 962. The highest BCUT2D eigenvalue weighted by Crippen LogP contribution is 2.38. The van der Waals surface area contributed by atoms with Crippen molar-refractivity contribution in [3.05, 3.63) is 41.2 Å². The summed E-state index contributed by atoms with van der Waals surface area (Å²) >= 11 is 5.69. The lowest BCUT2D eigenvalue weighted by Crippen LogP contribution is -2.39. The summed E-state index contributed by atoms with van der Waals surface area (Å²) in [5, 5.41) is 5.21. The minimum absolute atomic E-state index is 0.0124. The van der Waals surface area contributed by atoms with Crippen LogP contribution in [-0.4, -0.2) is 40.7 Å². The van der Waals surface area contributed by atoms with Crippen molar-refractivity contribution in [1.29, 1.82) is 0 Å². The summed E-state index contributed by atoms with van der Waals surface area (Å²) in [6.45, 7) is 6.22. The van der Waals surface area contributed by atoms with Crippen molar-refractivity contribution >= 4 is 40.9 Å². The Morgan fingerprint density at radius 2 is 1.78 bits per heavy atom. The molecule has 2 amide bonds. The molecular weight excluding hydrogens is 451 g/mol. The Morgan fingerprint density at radius 3 is 2.31 bits per heavy atom. The second-order valence-corrected chi connectivity index (χ2v) is 8.11. The van der Waals surface area contributed by atoms with Gasteiger partial charge in [-0.2, -0.15) is 13.2 Å². The number of alkyl halides is 3. The Labute approximate surface area is 188 Å². The molecule has 0 radical (unpaired) electrons. The van der Waals surface area contributed by atoms with Gasteiger partial charge < -0.3 is 20.3 Å². The number of hydrogen-bond acceptors (Lipinski definition) is 6. The number of halogens is 4. The Hall–Kier alpha value is -3.08. The standard InChI is InChI=1S/C20H23ClF3N5O3/c1-12(30)29(8-7-25-18(31)32-19(2,3)4)14-5-6-16(15(9-14)20(22,23)24)28-17-26-10-13(21)11-27-17/h5-6,9-11H,7-8H2,1-4H3,(H,25,31)(H,26,27,28). The van der Waals surface area contributed by atoms with Crippen LogP contribution in [0.1, 0.15) is 33.3 Å². The van der Waals surface area contributed by atoms with Crippen LogP contribution in [-0.2, 0) is 15.7 Å². The van der Waals surface area contributed by atoms with Gasteiger partial charge in [0.15, 0.2) is 0 Å². The summed E-state index contributed by atoms with van der Waals surface area (Å²) in [7, 11) is 0. The molecule has 1 heterocycles. The Kier molecular flexibility index (Phi) is 7.89. The molecule has 0 aliphatic carbocycles. The predicted octanol–water partition coefficient (Wildman–Crippen LogP) is 4.77. The number of aromatic nitrogens is 2. The molecule has 0 saturated carbocycles. The molecule has 2 rings (SSSR count). The van der Waals surface area contributed by atoms with Gasteiger partial charge >= 0.3 is 12.3 Å². The Balaban J connectivity index is 2.22. The normalized spacial score (nSPS) is 11.6. The lowest BCUT2D eigenvalue weighted by Gasteiger charge is -2.24. The van der Waals surface area contributed by atoms with Crippen molar-refractivity contribution in [1.82, 2.24) is 15.3 Å². The predicted molar refractivity (Wildman–Crippen MR) is 114 cm³/mol. The number of carbonyl (C=O) groups is 2. The number of alkyl carbamates (subject to hydrolysis) is 1. The van der Waals surface area contributed by atoms with Gasteiger partial charge in [-0.05, 0) is 39.0 Å². The van der Waals surface area contributed by atoms with Crippen molar-refractivity contribution in [2.45, 2.75) is 39.5 Å². The molecule has 0 saturated heterocycles. The molecular formula is C20H23ClF3N5O3. The first-order chi connectivity index (χ1) is 14.8. The number of nitrogens with one attached hydrogen (secondary N) is 2. The smallest absolute Gasteiger partial charge is 0.418 e. The number of ether oxygens (including phenoxy) is 1. The lowest BCUT2D eigenvalue weighted by atomic mass is 10.1. The van der Waals surface area contributed by atoms with E-state index in [0.29, 0.717) is 0 Å². The van der Waals surface area contributed by atoms with Gasteiger partial charge in [0.25, 0.3) is 0 Å². The molecule has 0 atom stereocenters. The van der Waals surface area contributed by atoms with E-state index < -0.39 is 29.3 Å². The molecule has 2 aromatic rings. The van der Waals surface area contributed by atoms with E-state index in [-0.39, 0.29) is 35.4 Å². The summed E-state index contributed by atoms with van der Waals surface area (Å²) in [6.07, 6.45) is -2.93. The molecule has 0 spiro atoms. The van der Waals surface area contributed by atoms with E-state index in [9.17, 15) is 22.8 Å². The molecule has 8 nitrogen and oxygen atoms in total. The number of amides is 2. The molecule has 174 valence electrons. The van der Waals surface area contributed by atoms with Crippen LogP contribution in [0, 0.1) is 0 Å². The quantitative estimate of drug-likeness (QED) is 0.627. The Morgan fingerprint density at radius 1 is 1.16 bits per heavy atom. The van der Waals surface area contributed by atoms with Gasteiger partial charge in [-0.25, -0.2) is 14.8 Å². The van der Waals surface area contributed by atoms with Crippen molar-refractivity contribution in [3.8, 4) is 0 Å². The van der Waals surface area contributed by atoms with E-state index in [1.54, 1.807) is 20.8 Å². The van der Waals surface area contributed by atoms with E-state index in [1.165, 1.54) is 31.5 Å². The molecule has 1 aromatic heterocycles. The highest BCUT2D eigenvalue weighted by atomic mass is 35.5. The third-order valence-electron chi connectivity index (χ3n) is 3.87. The first-order valence-electron chi connectivity index (χ1n) is 9.47. The van der Waals surface area contributed by atoms with Gasteiger partial charge in [-0.3, -0.25) is 4.79 Å². The zero-order valence-corrected chi connectivity index (χ0v) is 18.6. The fraction of sp³-hybridized carbons (Fsp3) is 0.400. The van der Waals surface area contributed by atoms with Gasteiger partial charge in [-0.15, -0.1) is 0 Å². The third kappa shape index (κ3) is 7.56. The number of rotatable bonds is 6. The average Bonchev–Trinajstić information content (AvgIpc) is 2.65. The number of hydrogen-bond donors (Lipinski definition) is 2. The van der Waals surface area contributed by atoms with Crippen LogP contribution in [0.5, 0.6) is 0 Å². The minimum atomic E-state index is -4.72. The van der Waals surface area contributed by atoms with E-state index in [2.05, 4.69) is 20.6 Å².